The second kappa shape index (κ2) is 6.41. The Labute approximate surface area is 127 Å². The topological polar surface area (TPSA) is 0 Å². The van der Waals surface area contributed by atoms with Crippen molar-refractivity contribution in [3.05, 3.63) is 113 Å². The van der Waals surface area contributed by atoms with Gasteiger partial charge in [0.25, 0.3) is 0 Å². The van der Waals surface area contributed by atoms with Gasteiger partial charge in [-0.05, 0) is 28.7 Å². The minimum atomic E-state index is 1.08. The molecular weight excluding hydrogens is 252 g/mol. The standard InChI is InChI=1S/C21H19/c1-2-17-13-15-20(16-14-17)21(18-9-5-3-6-10-18)19-11-7-4-8-12-19/h3-16H,2H2,1H3. The van der Waals surface area contributed by atoms with Gasteiger partial charge < -0.3 is 0 Å². The predicted octanol–water partition coefficient (Wildman–Crippen LogP) is 5.27. The van der Waals surface area contributed by atoms with Crippen LogP contribution in [0.4, 0.5) is 0 Å². The van der Waals surface area contributed by atoms with E-state index in [0.29, 0.717) is 0 Å². The fourth-order valence-corrected chi connectivity index (χ4v) is 2.62. The lowest BCUT2D eigenvalue weighted by atomic mass is 9.85. The smallest absolute Gasteiger partial charge is 0.0622 e. The molecule has 0 aliphatic heterocycles. The number of hydrogen-bond donors (Lipinski definition) is 0. The monoisotopic (exact) mass is 271 g/mol. The fraction of sp³-hybridized carbons (Fsp3) is 0.0952. The lowest BCUT2D eigenvalue weighted by Crippen LogP contribution is -2.04. The molecule has 0 N–H and O–H groups in total. The van der Waals surface area contributed by atoms with Gasteiger partial charge in [0, 0.05) is 0 Å². The van der Waals surface area contributed by atoms with Crippen LogP contribution in [0.1, 0.15) is 29.2 Å². The van der Waals surface area contributed by atoms with Gasteiger partial charge in [-0.1, -0.05) is 91.9 Å². The van der Waals surface area contributed by atoms with Crippen LogP contribution in [0.5, 0.6) is 0 Å². The van der Waals surface area contributed by atoms with Gasteiger partial charge in [0.1, 0.15) is 0 Å². The van der Waals surface area contributed by atoms with E-state index in [2.05, 4.69) is 91.9 Å². The summed E-state index contributed by atoms with van der Waals surface area (Å²) in [4.78, 5) is 0. The quantitative estimate of drug-likeness (QED) is 0.567. The van der Waals surface area contributed by atoms with Crippen LogP contribution in [0.2, 0.25) is 0 Å². The Balaban J connectivity index is 2.07. The minimum absolute atomic E-state index is 1.08. The predicted molar refractivity (Wildman–Crippen MR) is 89.3 cm³/mol. The van der Waals surface area contributed by atoms with Crippen molar-refractivity contribution in [3.63, 3.8) is 0 Å². The highest BCUT2D eigenvalue weighted by Crippen LogP contribution is 2.30. The molecule has 0 atom stereocenters. The van der Waals surface area contributed by atoms with E-state index in [1.807, 2.05) is 0 Å². The number of rotatable bonds is 4. The van der Waals surface area contributed by atoms with Crippen LogP contribution >= 0.6 is 0 Å². The Morgan fingerprint density at radius 1 is 0.571 bits per heavy atom. The summed E-state index contributed by atoms with van der Waals surface area (Å²) >= 11 is 0. The van der Waals surface area contributed by atoms with Crippen molar-refractivity contribution in [1.82, 2.24) is 0 Å². The van der Waals surface area contributed by atoms with E-state index in [0.717, 1.165) is 6.42 Å². The SMILES string of the molecule is CCc1ccc([C](c2ccccc2)c2ccccc2)cc1. The highest BCUT2D eigenvalue weighted by molar-refractivity contribution is 5.57. The zero-order valence-electron chi connectivity index (χ0n) is 12.3. The third kappa shape index (κ3) is 3.05. The van der Waals surface area contributed by atoms with Crippen LogP contribution in [-0.2, 0) is 6.42 Å². The Hall–Kier alpha value is -2.34. The van der Waals surface area contributed by atoms with Gasteiger partial charge in [-0.3, -0.25) is 0 Å². The molecule has 3 aromatic rings. The molecule has 0 unspecified atom stereocenters. The van der Waals surface area contributed by atoms with Crippen LogP contribution in [0, 0.1) is 5.92 Å². The molecule has 0 saturated carbocycles. The van der Waals surface area contributed by atoms with Gasteiger partial charge in [-0.15, -0.1) is 0 Å². The molecule has 103 valence electrons. The van der Waals surface area contributed by atoms with E-state index < -0.39 is 0 Å². The van der Waals surface area contributed by atoms with Crippen LogP contribution in [0.25, 0.3) is 0 Å². The van der Waals surface area contributed by atoms with Gasteiger partial charge in [0.05, 0.1) is 5.92 Å². The zero-order chi connectivity index (χ0) is 14.5. The number of benzene rings is 3. The van der Waals surface area contributed by atoms with Gasteiger partial charge in [-0.2, -0.15) is 0 Å². The molecule has 0 aliphatic rings. The summed E-state index contributed by atoms with van der Waals surface area (Å²) in [7, 11) is 0. The van der Waals surface area contributed by atoms with Crippen molar-refractivity contribution in [3.8, 4) is 0 Å². The summed E-state index contributed by atoms with van der Waals surface area (Å²) in [6, 6.07) is 30.1. The maximum absolute atomic E-state index is 2.23. The maximum atomic E-state index is 2.23. The van der Waals surface area contributed by atoms with E-state index >= 15 is 0 Å². The summed E-state index contributed by atoms with van der Waals surface area (Å²) in [5, 5.41) is 0. The molecule has 0 spiro atoms. The van der Waals surface area contributed by atoms with E-state index in [1.54, 1.807) is 0 Å². The van der Waals surface area contributed by atoms with Gasteiger partial charge in [-0.25, -0.2) is 0 Å². The van der Waals surface area contributed by atoms with Crippen LogP contribution in [0.15, 0.2) is 84.9 Å². The third-order valence-electron chi connectivity index (χ3n) is 3.78. The van der Waals surface area contributed by atoms with Crippen molar-refractivity contribution in [2.24, 2.45) is 0 Å². The van der Waals surface area contributed by atoms with Crippen molar-refractivity contribution in [2.75, 3.05) is 0 Å². The van der Waals surface area contributed by atoms with E-state index in [9.17, 15) is 0 Å². The summed E-state index contributed by atoms with van der Waals surface area (Å²) in [6.07, 6.45) is 1.08. The summed E-state index contributed by atoms with van der Waals surface area (Å²) in [5.41, 5.74) is 5.16. The van der Waals surface area contributed by atoms with Crippen LogP contribution < -0.4 is 0 Å². The highest BCUT2D eigenvalue weighted by atomic mass is 14.2. The molecule has 0 heteroatoms. The minimum Gasteiger partial charge on any atom is -0.0622 e. The molecule has 0 aliphatic carbocycles. The average Bonchev–Trinajstić information content (AvgIpc) is 2.58. The first-order valence-electron chi connectivity index (χ1n) is 7.45. The highest BCUT2D eigenvalue weighted by Gasteiger charge is 2.16. The first kappa shape index (κ1) is 13.6. The van der Waals surface area contributed by atoms with Gasteiger partial charge in [0.2, 0.25) is 0 Å². The molecule has 21 heavy (non-hydrogen) atoms. The van der Waals surface area contributed by atoms with Crippen LogP contribution in [0.3, 0.4) is 0 Å². The average molecular weight is 271 g/mol. The third-order valence-corrected chi connectivity index (χ3v) is 3.78. The fourth-order valence-electron chi connectivity index (χ4n) is 2.62. The molecule has 0 aromatic heterocycles. The van der Waals surface area contributed by atoms with Crippen molar-refractivity contribution >= 4 is 0 Å². The van der Waals surface area contributed by atoms with Gasteiger partial charge >= 0.3 is 0 Å². The molecule has 0 bridgehead atoms. The molecule has 0 nitrogen and oxygen atoms in total. The Kier molecular flexibility index (Phi) is 4.16. The molecule has 1 radical (unpaired) electrons. The zero-order valence-corrected chi connectivity index (χ0v) is 12.3. The Morgan fingerprint density at radius 2 is 1.00 bits per heavy atom. The van der Waals surface area contributed by atoms with E-state index in [4.69, 9.17) is 0 Å². The molecule has 0 amide bonds. The van der Waals surface area contributed by atoms with Crippen LogP contribution in [-0.4, -0.2) is 0 Å². The van der Waals surface area contributed by atoms with Crippen molar-refractivity contribution in [2.45, 2.75) is 13.3 Å². The normalized spacial score (nSPS) is 10.8. The van der Waals surface area contributed by atoms with E-state index in [1.165, 1.54) is 28.2 Å². The van der Waals surface area contributed by atoms with Gasteiger partial charge in [0.15, 0.2) is 0 Å². The lowest BCUT2D eigenvalue weighted by Gasteiger charge is -2.18. The molecule has 0 heterocycles. The molecular formula is C21H19. The Bertz CT molecular complexity index is 627. The number of hydrogen-bond acceptors (Lipinski definition) is 0. The van der Waals surface area contributed by atoms with E-state index in [-0.39, 0.29) is 0 Å². The summed E-state index contributed by atoms with van der Waals surface area (Å²) in [5.74, 6) is 1.29. The van der Waals surface area contributed by atoms with Crippen molar-refractivity contribution in [1.29, 1.82) is 0 Å². The first-order chi connectivity index (χ1) is 10.4. The Morgan fingerprint density at radius 3 is 1.43 bits per heavy atom. The first-order valence-corrected chi connectivity index (χ1v) is 7.45. The van der Waals surface area contributed by atoms with Crippen molar-refractivity contribution < 1.29 is 0 Å². The molecule has 3 rings (SSSR count). The maximum Gasteiger partial charge on any atom is 0.0629 e. The lowest BCUT2D eigenvalue weighted by molar-refractivity contribution is 1.13. The molecule has 0 saturated heterocycles. The largest absolute Gasteiger partial charge is 0.0629 e. The molecule has 0 fully saturated rings. The molecule has 3 aromatic carbocycles. The second-order valence-electron chi connectivity index (χ2n) is 5.16. The summed E-state index contributed by atoms with van der Waals surface area (Å²) in [6.45, 7) is 2.19. The summed E-state index contributed by atoms with van der Waals surface area (Å²) < 4.78 is 0. The number of aryl methyl sites for hydroxylation is 1. The second-order valence-corrected chi connectivity index (χ2v) is 5.16.